The van der Waals surface area contributed by atoms with Crippen LogP contribution in [0, 0.1) is 11.7 Å². The summed E-state index contributed by atoms with van der Waals surface area (Å²) in [6, 6.07) is 5.67. The number of carbonyl (C=O) groups excluding carboxylic acids is 2. The maximum atomic E-state index is 13.0. The third kappa shape index (κ3) is 3.10. The Morgan fingerprint density at radius 3 is 2.79 bits per heavy atom. The minimum atomic E-state index is -0.734. The standard InChI is InChI=1S/C15H17FN6O2/c1-2-21(9-13-17-19-20-18-13)14(23)12-7-8-22(15(12)24)11-5-3-10(16)4-6-11/h3-6,12H,2,7-9H2,1H3,(H,17,18,19,20). The number of nitrogens with zero attached hydrogens (tertiary/aromatic N) is 5. The summed E-state index contributed by atoms with van der Waals surface area (Å²) in [5, 5.41) is 13.5. The fourth-order valence-electron chi connectivity index (χ4n) is 2.77. The van der Waals surface area contributed by atoms with Gasteiger partial charge in [0, 0.05) is 18.8 Å². The number of aromatic amines is 1. The second kappa shape index (κ2) is 6.73. The lowest BCUT2D eigenvalue weighted by Crippen LogP contribution is -2.40. The number of carbonyl (C=O) groups is 2. The van der Waals surface area contributed by atoms with Gasteiger partial charge in [-0.15, -0.1) is 10.2 Å². The van der Waals surface area contributed by atoms with E-state index in [0.29, 0.717) is 31.0 Å². The maximum Gasteiger partial charge on any atom is 0.239 e. The molecule has 0 radical (unpaired) electrons. The Bertz CT molecular complexity index is 718. The predicted octanol–water partition coefficient (Wildman–Crippen LogP) is 0.740. The Balaban J connectivity index is 1.71. The van der Waals surface area contributed by atoms with E-state index in [1.807, 2.05) is 6.92 Å². The minimum absolute atomic E-state index is 0.201. The molecule has 1 fully saturated rings. The highest BCUT2D eigenvalue weighted by molar-refractivity contribution is 6.09. The van der Waals surface area contributed by atoms with E-state index in [9.17, 15) is 14.0 Å². The quantitative estimate of drug-likeness (QED) is 0.815. The molecule has 2 heterocycles. The zero-order chi connectivity index (χ0) is 17.1. The largest absolute Gasteiger partial charge is 0.335 e. The summed E-state index contributed by atoms with van der Waals surface area (Å²) in [6.07, 6.45) is 0.428. The summed E-state index contributed by atoms with van der Waals surface area (Å²) in [5.74, 6) is -1.22. The number of hydrogen-bond donors (Lipinski definition) is 1. The molecule has 8 nitrogen and oxygen atoms in total. The van der Waals surface area contributed by atoms with Crippen molar-refractivity contribution in [1.29, 1.82) is 0 Å². The zero-order valence-electron chi connectivity index (χ0n) is 13.1. The molecule has 1 atom stereocenters. The molecule has 126 valence electrons. The van der Waals surface area contributed by atoms with Crippen LogP contribution in [-0.2, 0) is 16.1 Å². The smallest absolute Gasteiger partial charge is 0.239 e. The molecular formula is C15H17FN6O2. The number of hydrogen-bond acceptors (Lipinski definition) is 5. The first kappa shape index (κ1) is 16.0. The van der Waals surface area contributed by atoms with Crippen LogP contribution in [0.4, 0.5) is 10.1 Å². The van der Waals surface area contributed by atoms with Gasteiger partial charge in [0.1, 0.15) is 11.7 Å². The molecule has 0 aliphatic carbocycles. The topological polar surface area (TPSA) is 95.1 Å². The van der Waals surface area contributed by atoms with Gasteiger partial charge >= 0.3 is 0 Å². The fourth-order valence-corrected chi connectivity index (χ4v) is 2.77. The fraction of sp³-hybridized carbons (Fsp3) is 0.400. The summed E-state index contributed by atoms with van der Waals surface area (Å²) < 4.78 is 13.0. The van der Waals surface area contributed by atoms with Gasteiger partial charge in [-0.1, -0.05) is 5.21 Å². The van der Waals surface area contributed by atoms with Gasteiger partial charge in [-0.2, -0.15) is 5.21 Å². The van der Waals surface area contributed by atoms with Gasteiger partial charge in [0.05, 0.1) is 6.54 Å². The number of nitrogens with one attached hydrogen (secondary N) is 1. The van der Waals surface area contributed by atoms with E-state index < -0.39 is 5.92 Å². The summed E-state index contributed by atoms with van der Waals surface area (Å²) in [6.45, 7) is 2.90. The first-order chi connectivity index (χ1) is 11.6. The van der Waals surface area contributed by atoms with E-state index in [1.54, 1.807) is 0 Å². The molecule has 1 unspecified atom stereocenters. The average molecular weight is 332 g/mol. The van der Waals surface area contributed by atoms with Crippen LogP contribution < -0.4 is 4.90 Å². The van der Waals surface area contributed by atoms with Crippen molar-refractivity contribution in [1.82, 2.24) is 25.5 Å². The number of anilines is 1. The monoisotopic (exact) mass is 332 g/mol. The lowest BCUT2D eigenvalue weighted by Gasteiger charge is -2.22. The molecule has 1 N–H and O–H groups in total. The molecule has 1 aliphatic rings. The van der Waals surface area contributed by atoms with Crippen LogP contribution in [-0.4, -0.2) is 50.4 Å². The first-order valence-corrected chi connectivity index (χ1v) is 7.68. The van der Waals surface area contributed by atoms with Gasteiger partial charge in [-0.25, -0.2) is 4.39 Å². The van der Waals surface area contributed by atoms with Gasteiger partial charge in [0.2, 0.25) is 11.8 Å². The molecule has 1 aromatic heterocycles. The molecule has 9 heteroatoms. The Hall–Kier alpha value is -2.84. The molecule has 24 heavy (non-hydrogen) atoms. The number of rotatable bonds is 5. The number of aromatic nitrogens is 4. The number of benzene rings is 1. The van der Waals surface area contributed by atoms with E-state index >= 15 is 0 Å². The second-order valence-electron chi connectivity index (χ2n) is 5.49. The van der Waals surface area contributed by atoms with Gasteiger partial charge in [-0.3, -0.25) is 9.59 Å². The molecule has 0 spiro atoms. The van der Waals surface area contributed by atoms with Crippen molar-refractivity contribution >= 4 is 17.5 Å². The van der Waals surface area contributed by atoms with Crippen molar-refractivity contribution in [2.24, 2.45) is 5.92 Å². The van der Waals surface area contributed by atoms with Gasteiger partial charge in [0.15, 0.2) is 5.82 Å². The third-order valence-electron chi connectivity index (χ3n) is 4.06. The Labute approximate surface area is 137 Å². The van der Waals surface area contributed by atoms with Gasteiger partial charge in [0.25, 0.3) is 0 Å². The number of tetrazole rings is 1. The molecule has 2 amide bonds. The molecule has 1 aromatic carbocycles. The highest BCUT2D eigenvalue weighted by Gasteiger charge is 2.39. The van der Waals surface area contributed by atoms with Crippen LogP contribution in [0.1, 0.15) is 19.2 Å². The first-order valence-electron chi connectivity index (χ1n) is 7.68. The van der Waals surface area contributed by atoms with Crippen molar-refractivity contribution < 1.29 is 14.0 Å². The zero-order valence-corrected chi connectivity index (χ0v) is 13.1. The van der Waals surface area contributed by atoms with Crippen molar-refractivity contribution in [3.63, 3.8) is 0 Å². The van der Waals surface area contributed by atoms with E-state index in [0.717, 1.165) is 0 Å². The van der Waals surface area contributed by atoms with Crippen LogP contribution in [0.3, 0.4) is 0 Å². The molecule has 0 bridgehead atoms. The van der Waals surface area contributed by atoms with Crippen molar-refractivity contribution in [3.8, 4) is 0 Å². The maximum absolute atomic E-state index is 13.0. The summed E-state index contributed by atoms with van der Waals surface area (Å²) >= 11 is 0. The van der Waals surface area contributed by atoms with Crippen molar-refractivity contribution in [2.75, 3.05) is 18.0 Å². The van der Waals surface area contributed by atoms with Crippen LogP contribution in [0.5, 0.6) is 0 Å². The molecule has 0 saturated carbocycles. The van der Waals surface area contributed by atoms with E-state index in [4.69, 9.17) is 0 Å². The third-order valence-corrected chi connectivity index (χ3v) is 4.06. The number of amides is 2. The molecule has 3 rings (SSSR count). The normalized spacial score (nSPS) is 17.3. The highest BCUT2D eigenvalue weighted by Crippen LogP contribution is 2.27. The summed E-state index contributed by atoms with van der Waals surface area (Å²) in [4.78, 5) is 28.3. The van der Waals surface area contributed by atoms with Crippen LogP contribution in [0.15, 0.2) is 24.3 Å². The molecule has 1 aliphatic heterocycles. The van der Waals surface area contributed by atoms with E-state index in [1.165, 1.54) is 34.1 Å². The lowest BCUT2D eigenvalue weighted by molar-refractivity contribution is -0.140. The summed E-state index contributed by atoms with van der Waals surface area (Å²) in [7, 11) is 0. The molecule has 1 saturated heterocycles. The predicted molar refractivity (Wildman–Crippen MR) is 82.1 cm³/mol. The second-order valence-corrected chi connectivity index (χ2v) is 5.49. The van der Waals surface area contributed by atoms with Crippen LogP contribution in [0.2, 0.25) is 0 Å². The van der Waals surface area contributed by atoms with Crippen molar-refractivity contribution in [3.05, 3.63) is 35.9 Å². The molecular weight excluding hydrogens is 315 g/mol. The number of H-pyrrole nitrogens is 1. The van der Waals surface area contributed by atoms with Crippen LogP contribution >= 0.6 is 0 Å². The van der Waals surface area contributed by atoms with E-state index in [-0.39, 0.29) is 24.2 Å². The lowest BCUT2D eigenvalue weighted by atomic mass is 10.1. The number of halogens is 1. The van der Waals surface area contributed by atoms with Gasteiger partial charge < -0.3 is 9.80 Å². The Kier molecular flexibility index (Phi) is 4.50. The Morgan fingerprint density at radius 1 is 1.42 bits per heavy atom. The minimum Gasteiger partial charge on any atom is -0.335 e. The average Bonchev–Trinajstić information content (AvgIpc) is 3.22. The van der Waals surface area contributed by atoms with Gasteiger partial charge in [-0.05, 0) is 37.6 Å². The Morgan fingerprint density at radius 2 is 2.17 bits per heavy atom. The van der Waals surface area contributed by atoms with E-state index in [2.05, 4.69) is 20.6 Å². The SMILES string of the molecule is CCN(Cc1nn[nH]n1)C(=O)C1CCN(c2ccc(F)cc2)C1=O. The van der Waals surface area contributed by atoms with Crippen LogP contribution in [0.25, 0.3) is 0 Å². The highest BCUT2D eigenvalue weighted by atomic mass is 19.1. The summed E-state index contributed by atoms with van der Waals surface area (Å²) in [5.41, 5.74) is 0.595. The van der Waals surface area contributed by atoms with Crippen molar-refractivity contribution in [2.45, 2.75) is 19.9 Å². The molecule has 2 aromatic rings.